The van der Waals surface area contributed by atoms with Crippen molar-refractivity contribution in [3.05, 3.63) is 35.9 Å². The van der Waals surface area contributed by atoms with Crippen molar-refractivity contribution in [2.45, 2.75) is 31.5 Å². The van der Waals surface area contributed by atoms with Crippen LogP contribution in [0.2, 0.25) is 0 Å². The first-order chi connectivity index (χ1) is 12.6. The lowest BCUT2D eigenvalue weighted by molar-refractivity contribution is -0.248. The molecular formula is C19H24O7. The maximum atomic E-state index is 12.3. The van der Waals surface area contributed by atoms with Crippen LogP contribution in [0.15, 0.2) is 30.3 Å². The highest BCUT2D eigenvalue weighted by molar-refractivity contribution is 5.95. The number of ether oxygens (including phenoxy) is 5. The summed E-state index contributed by atoms with van der Waals surface area (Å²) in [7, 11) is 4.04. The van der Waals surface area contributed by atoms with Crippen LogP contribution in [0.3, 0.4) is 0 Å². The number of fused-ring (bicyclic) bond motifs is 1. The third-order valence-corrected chi connectivity index (χ3v) is 5.04. The first kappa shape index (κ1) is 18.8. The molecule has 0 radical (unpaired) electrons. The van der Waals surface area contributed by atoms with E-state index in [1.165, 1.54) is 21.3 Å². The van der Waals surface area contributed by atoms with Gasteiger partial charge >= 0.3 is 11.9 Å². The smallest absolute Gasteiger partial charge is 0.320 e. The molecule has 1 saturated heterocycles. The number of carbonyl (C=O) groups excluding carboxylic acids is 2. The number of esters is 2. The third-order valence-electron chi connectivity index (χ3n) is 5.04. The highest BCUT2D eigenvalue weighted by Crippen LogP contribution is 2.51. The molecule has 1 aliphatic heterocycles. The Labute approximate surface area is 152 Å². The minimum atomic E-state index is -1.07. The summed E-state index contributed by atoms with van der Waals surface area (Å²) in [6.07, 6.45) is -0.546. The van der Waals surface area contributed by atoms with Gasteiger partial charge < -0.3 is 23.7 Å². The van der Waals surface area contributed by atoms with Gasteiger partial charge in [0, 0.05) is 13.0 Å². The van der Waals surface area contributed by atoms with Gasteiger partial charge in [0.25, 0.3) is 0 Å². The van der Waals surface area contributed by atoms with Crippen molar-refractivity contribution in [1.82, 2.24) is 0 Å². The zero-order chi connectivity index (χ0) is 18.7. The molecule has 26 heavy (non-hydrogen) atoms. The molecule has 142 valence electrons. The van der Waals surface area contributed by atoms with Gasteiger partial charge in [-0.3, -0.25) is 9.59 Å². The minimum absolute atomic E-state index is 0.0328. The van der Waals surface area contributed by atoms with Crippen LogP contribution in [0.1, 0.15) is 12.0 Å². The summed E-state index contributed by atoms with van der Waals surface area (Å²) in [5.41, 5.74) is 0.978. The summed E-state index contributed by atoms with van der Waals surface area (Å²) in [5, 5.41) is 0. The molecule has 0 aromatic heterocycles. The molecule has 2 aliphatic rings. The molecule has 1 aromatic carbocycles. The van der Waals surface area contributed by atoms with Crippen molar-refractivity contribution in [2.24, 2.45) is 17.8 Å². The summed E-state index contributed by atoms with van der Waals surface area (Å²) < 4.78 is 27.1. The lowest BCUT2D eigenvalue weighted by Gasteiger charge is -2.38. The Kier molecular flexibility index (Phi) is 5.90. The first-order valence-corrected chi connectivity index (χ1v) is 8.60. The molecule has 7 nitrogen and oxygen atoms in total. The number of hydrogen-bond donors (Lipinski definition) is 0. The van der Waals surface area contributed by atoms with Gasteiger partial charge in [-0.1, -0.05) is 30.3 Å². The summed E-state index contributed by atoms with van der Waals surface area (Å²) in [6, 6.07) is 9.65. The topological polar surface area (TPSA) is 80.3 Å². The zero-order valence-corrected chi connectivity index (χ0v) is 15.1. The van der Waals surface area contributed by atoms with Crippen molar-refractivity contribution in [1.29, 1.82) is 0 Å². The van der Waals surface area contributed by atoms with Gasteiger partial charge in [-0.25, -0.2) is 0 Å². The van der Waals surface area contributed by atoms with Crippen molar-refractivity contribution in [2.75, 3.05) is 21.3 Å². The van der Waals surface area contributed by atoms with Crippen molar-refractivity contribution in [3.63, 3.8) is 0 Å². The number of rotatable bonds is 7. The number of carbonyl (C=O) groups is 2. The Morgan fingerprint density at radius 2 is 1.77 bits per heavy atom. The van der Waals surface area contributed by atoms with E-state index >= 15 is 0 Å². The SMILES string of the molecule is COC(=O)C(C(=O)OC)[C@H]1[C@H]2C[C@H]2O[C@H](OC)[C@@H]1OCc1ccccc1. The first-order valence-electron chi connectivity index (χ1n) is 8.60. The summed E-state index contributed by atoms with van der Waals surface area (Å²) in [6.45, 7) is 0.317. The van der Waals surface area contributed by atoms with E-state index in [1.807, 2.05) is 30.3 Å². The summed E-state index contributed by atoms with van der Waals surface area (Å²) in [4.78, 5) is 24.7. The van der Waals surface area contributed by atoms with Crippen molar-refractivity contribution < 1.29 is 33.3 Å². The van der Waals surface area contributed by atoms with Crippen LogP contribution in [0.5, 0.6) is 0 Å². The minimum Gasteiger partial charge on any atom is -0.468 e. The van der Waals surface area contributed by atoms with Crippen molar-refractivity contribution >= 4 is 11.9 Å². The fourth-order valence-corrected chi connectivity index (χ4v) is 3.67. The number of hydrogen-bond acceptors (Lipinski definition) is 7. The molecule has 3 rings (SSSR count). The zero-order valence-electron chi connectivity index (χ0n) is 15.1. The molecule has 0 bridgehead atoms. The molecule has 5 atom stereocenters. The second-order valence-electron chi connectivity index (χ2n) is 6.54. The van der Waals surface area contributed by atoms with E-state index in [4.69, 9.17) is 23.7 Å². The van der Waals surface area contributed by atoms with E-state index < -0.39 is 36.2 Å². The average molecular weight is 364 g/mol. The predicted octanol–water partition coefficient (Wildman–Crippen LogP) is 1.54. The van der Waals surface area contributed by atoms with E-state index in [0.717, 1.165) is 12.0 Å². The Morgan fingerprint density at radius 3 is 2.35 bits per heavy atom. The van der Waals surface area contributed by atoms with Crippen LogP contribution in [-0.2, 0) is 39.9 Å². The van der Waals surface area contributed by atoms with Crippen molar-refractivity contribution in [3.8, 4) is 0 Å². The maximum Gasteiger partial charge on any atom is 0.320 e. The molecule has 1 heterocycles. The van der Waals surface area contributed by atoms with Crippen LogP contribution in [0.4, 0.5) is 0 Å². The van der Waals surface area contributed by atoms with Gasteiger partial charge in [-0.05, 0) is 17.9 Å². The van der Waals surface area contributed by atoms with Gasteiger partial charge in [0.1, 0.15) is 6.10 Å². The Bertz CT molecular complexity index is 616. The van der Waals surface area contributed by atoms with Gasteiger partial charge in [0.05, 0.1) is 26.9 Å². The molecule has 0 amide bonds. The number of benzene rings is 1. The molecule has 1 saturated carbocycles. The van der Waals surface area contributed by atoms with E-state index in [1.54, 1.807) is 0 Å². The molecule has 1 aliphatic carbocycles. The third kappa shape index (κ3) is 3.75. The Hall–Kier alpha value is -1.96. The highest BCUT2D eigenvalue weighted by atomic mass is 16.7. The second-order valence-corrected chi connectivity index (χ2v) is 6.54. The molecule has 1 aromatic rings. The largest absolute Gasteiger partial charge is 0.468 e. The summed E-state index contributed by atoms with van der Waals surface area (Å²) >= 11 is 0. The van der Waals surface area contributed by atoms with Crippen LogP contribution in [0, 0.1) is 17.8 Å². The van der Waals surface area contributed by atoms with Gasteiger partial charge in [0.15, 0.2) is 12.2 Å². The van der Waals surface area contributed by atoms with E-state index in [2.05, 4.69) is 0 Å². The molecule has 2 fully saturated rings. The normalized spacial score (nSPS) is 29.8. The quantitative estimate of drug-likeness (QED) is 0.536. The second kappa shape index (κ2) is 8.16. The molecule has 0 spiro atoms. The summed E-state index contributed by atoms with van der Waals surface area (Å²) in [5.74, 6) is -2.72. The van der Waals surface area contributed by atoms with Crippen LogP contribution >= 0.6 is 0 Å². The fourth-order valence-electron chi connectivity index (χ4n) is 3.67. The average Bonchev–Trinajstić information content (AvgIpc) is 3.46. The molecule has 0 N–H and O–H groups in total. The van der Waals surface area contributed by atoms with Crippen LogP contribution < -0.4 is 0 Å². The molecule has 0 unspecified atom stereocenters. The molecule has 7 heteroatoms. The molecular weight excluding hydrogens is 340 g/mol. The van der Waals surface area contributed by atoms with E-state index in [-0.39, 0.29) is 12.0 Å². The van der Waals surface area contributed by atoms with E-state index in [0.29, 0.717) is 6.61 Å². The Balaban J connectivity index is 1.85. The van der Waals surface area contributed by atoms with Gasteiger partial charge in [-0.15, -0.1) is 0 Å². The van der Waals surface area contributed by atoms with Crippen LogP contribution in [-0.4, -0.2) is 51.8 Å². The predicted molar refractivity (Wildman–Crippen MR) is 89.8 cm³/mol. The lowest BCUT2D eigenvalue weighted by Crippen LogP contribution is -2.51. The number of methoxy groups -OCH3 is 3. The fraction of sp³-hybridized carbons (Fsp3) is 0.579. The maximum absolute atomic E-state index is 12.3. The standard InChI is InChI=1S/C19H24O7/c1-22-17(20)15(18(21)23-2)14-12-9-13(12)26-19(24-3)16(14)25-10-11-7-5-4-6-8-11/h4-8,12-16,19H,9-10H2,1-3H3/t12-,13+,14+,16+,19-/m0/s1. The Morgan fingerprint density at radius 1 is 1.12 bits per heavy atom. The lowest BCUT2D eigenvalue weighted by atomic mass is 9.81. The van der Waals surface area contributed by atoms with Gasteiger partial charge in [0.2, 0.25) is 0 Å². The highest BCUT2D eigenvalue weighted by Gasteiger charge is 2.61. The van der Waals surface area contributed by atoms with Crippen LogP contribution in [0.25, 0.3) is 0 Å². The van der Waals surface area contributed by atoms with Gasteiger partial charge in [-0.2, -0.15) is 0 Å². The van der Waals surface area contributed by atoms with E-state index in [9.17, 15) is 9.59 Å². The monoisotopic (exact) mass is 364 g/mol.